The van der Waals surface area contributed by atoms with Crippen LogP contribution >= 0.6 is 0 Å². The van der Waals surface area contributed by atoms with Gasteiger partial charge in [0.15, 0.2) is 0 Å². The number of nitrogens with zero attached hydrogens (tertiary/aromatic N) is 1. The minimum Gasteiger partial charge on any atom is -0.370 e. The van der Waals surface area contributed by atoms with Gasteiger partial charge in [0.25, 0.3) is 0 Å². The summed E-state index contributed by atoms with van der Waals surface area (Å²) in [5.74, 6) is 0.813. The number of nitrogens with one attached hydrogen (secondary N) is 2. The van der Waals surface area contributed by atoms with Gasteiger partial charge in [-0.1, -0.05) is 12.1 Å². The van der Waals surface area contributed by atoms with Crippen LogP contribution in [0.1, 0.15) is 43.2 Å². The molecule has 116 valence electrons. The van der Waals surface area contributed by atoms with Gasteiger partial charge in [-0.2, -0.15) is 0 Å². The van der Waals surface area contributed by atoms with E-state index >= 15 is 0 Å². The fourth-order valence-electron chi connectivity index (χ4n) is 4.12. The predicted octanol–water partition coefficient (Wildman–Crippen LogP) is 4.58. The molecule has 0 saturated carbocycles. The van der Waals surface area contributed by atoms with Gasteiger partial charge in [-0.3, -0.25) is 0 Å². The number of piperidine rings is 1. The maximum atomic E-state index is 3.44. The average molecular weight is 295 g/mol. The van der Waals surface area contributed by atoms with Crippen LogP contribution in [0.3, 0.4) is 0 Å². The zero-order chi connectivity index (χ0) is 14.9. The molecule has 1 unspecified atom stereocenters. The van der Waals surface area contributed by atoms with Crippen LogP contribution in [0.25, 0.3) is 0 Å². The highest BCUT2D eigenvalue weighted by molar-refractivity contribution is 5.77. The molecule has 1 aromatic carbocycles. The lowest BCUT2D eigenvalue weighted by atomic mass is 9.84. The monoisotopic (exact) mass is 295 g/mol. The van der Waals surface area contributed by atoms with E-state index in [0.29, 0.717) is 0 Å². The second-order valence-electron chi connectivity index (χ2n) is 6.73. The fourth-order valence-corrected chi connectivity index (χ4v) is 4.12. The van der Waals surface area contributed by atoms with Gasteiger partial charge in [0.05, 0.1) is 11.4 Å². The Balaban J connectivity index is 1.65. The number of rotatable bonds is 2. The molecule has 1 aromatic rings. The van der Waals surface area contributed by atoms with Gasteiger partial charge < -0.3 is 15.5 Å². The first-order valence-electron chi connectivity index (χ1n) is 8.58. The molecule has 1 aliphatic carbocycles. The first-order chi connectivity index (χ1) is 10.8. The first-order valence-corrected chi connectivity index (χ1v) is 8.58. The van der Waals surface area contributed by atoms with E-state index in [0.717, 1.165) is 12.5 Å². The highest BCUT2D eigenvalue weighted by Gasteiger charge is 2.27. The van der Waals surface area contributed by atoms with E-state index in [4.69, 9.17) is 0 Å². The van der Waals surface area contributed by atoms with Crippen LogP contribution in [0.4, 0.5) is 11.4 Å². The summed E-state index contributed by atoms with van der Waals surface area (Å²) >= 11 is 0. The first kappa shape index (κ1) is 13.7. The molecule has 2 N–H and O–H groups in total. The topological polar surface area (TPSA) is 27.3 Å². The molecule has 4 rings (SSSR count). The van der Waals surface area contributed by atoms with Crippen LogP contribution in [-0.4, -0.2) is 11.4 Å². The zero-order valence-corrected chi connectivity index (χ0v) is 13.4. The number of aryl methyl sites for hydroxylation is 1. The number of allylic oxidation sites excluding steroid dienone is 2. The van der Waals surface area contributed by atoms with Gasteiger partial charge in [-0.25, -0.2) is 0 Å². The maximum absolute atomic E-state index is 3.44. The minimum atomic E-state index is 0.813. The normalized spacial score (nSPS) is 23.0. The highest BCUT2D eigenvalue weighted by Crippen LogP contribution is 2.38. The van der Waals surface area contributed by atoms with E-state index in [1.54, 1.807) is 5.70 Å². The van der Waals surface area contributed by atoms with E-state index in [1.807, 2.05) is 12.4 Å². The van der Waals surface area contributed by atoms with Crippen molar-refractivity contribution in [3.8, 4) is 0 Å². The number of anilines is 2. The van der Waals surface area contributed by atoms with Crippen LogP contribution in [0, 0.1) is 12.8 Å². The number of benzene rings is 1. The van der Waals surface area contributed by atoms with Crippen LogP contribution in [0.5, 0.6) is 0 Å². The summed E-state index contributed by atoms with van der Waals surface area (Å²) in [5.41, 5.74) is 6.87. The molecule has 1 saturated heterocycles. The molecule has 1 fully saturated rings. The number of hydrogen-bond acceptors (Lipinski definition) is 3. The van der Waals surface area contributed by atoms with Crippen molar-refractivity contribution in [2.75, 3.05) is 17.2 Å². The van der Waals surface area contributed by atoms with E-state index < -0.39 is 0 Å². The van der Waals surface area contributed by atoms with Gasteiger partial charge in [0, 0.05) is 31.2 Å². The van der Waals surface area contributed by atoms with Crippen molar-refractivity contribution in [1.29, 1.82) is 0 Å². The second-order valence-corrected chi connectivity index (χ2v) is 6.73. The number of likely N-dealkylation sites (tertiary alicyclic amines) is 1. The molecule has 0 radical (unpaired) electrons. The van der Waals surface area contributed by atoms with Crippen molar-refractivity contribution in [3.63, 3.8) is 0 Å². The number of hydrogen-bond donors (Lipinski definition) is 2. The molecule has 22 heavy (non-hydrogen) atoms. The van der Waals surface area contributed by atoms with Crippen molar-refractivity contribution in [2.45, 2.75) is 45.6 Å². The third-order valence-electron chi connectivity index (χ3n) is 5.32. The lowest BCUT2D eigenvalue weighted by molar-refractivity contribution is 0.217. The molecule has 0 amide bonds. The number of fused-ring (bicyclic) bond motifs is 2. The summed E-state index contributed by atoms with van der Waals surface area (Å²) < 4.78 is 0. The summed E-state index contributed by atoms with van der Waals surface area (Å²) in [6.45, 7) is 4.46. The SMILES string of the molecule is Cc1ccc2c(c1CN1CCCC3CCCC=C31)NC=CN2. The summed E-state index contributed by atoms with van der Waals surface area (Å²) in [6, 6.07) is 4.40. The molecule has 3 nitrogen and oxygen atoms in total. The molecular weight excluding hydrogens is 270 g/mol. The van der Waals surface area contributed by atoms with Crippen molar-refractivity contribution in [1.82, 2.24) is 4.90 Å². The molecular formula is C19H25N3. The van der Waals surface area contributed by atoms with Gasteiger partial charge in [0.2, 0.25) is 0 Å². The smallest absolute Gasteiger partial charge is 0.0672 e. The Morgan fingerprint density at radius 1 is 1.14 bits per heavy atom. The largest absolute Gasteiger partial charge is 0.370 e. The standard InChI is InChI=1S/C19H25N3/c1-14-8-9-17-19(21-11-10-20-17)16(14)13-22-12-4-6-15-5-2-3-7-18(15)22/h7-11,15,20-21H,2-6,12-13H2,1H3. The third-order valence-corrected chi connectivity index (χ3v) is 5.32. The van der Waals surface area contributed by atoms with Gasteiger partial charge in [-0.15, -0.1) is 0 Å². The lowest BCUT2D eigenvalue weighted by Gasteiger charge is -2.40. The summed E-state index contributed by atoms with van der Waals surface area (Å²) in [7, 11) is 0. The van der Waals surface area contributed by atoms with Crippen LogP contribution in [-0.2, 0) is 6.54 Å². The Morgan fingerprint density at radius 3 is 2.95 bits per heavy atom. The lowest BCUT2D eigenvalue weighted by Crippen LogP contribution is -2.34. The van der Waals surface area contributed by atoms with Crippen molar-refractivity contribution in [3.05, 3.63) is 47.4 Å². The molecule has 2 aliphatic heterocycles. The molecule has 3 aliphatic rings. The molecule has 0 bridgehead atoms. The molecule has 3 heteroatoms. The van der Waals surface area contributed by atoms with Crippen molar-refractivity contribution in [2.24, 2.45) is 5.92 Å². The Morgan fingerprint density at radius 2 is 2.00 bits per heavy atom. The van der Waals surface area contributed by atoms with E-state index in [9.17, 15) is 0 Å². The van der Waals surface area contributed by atoms with E-state index in [1.165, 1.54) is 61.2 Å². The maximum Gasteiger partial charge on any atom is 0.0672 e. The summed E-state index contributed by atoms with van der Waals surface area (Å²) in [5, 5.41) is 6.79. The van der Waals surface area contributed by atoms with E-state index in [-0.39, 0.29) is 0 Å². The summed E-state index contributed by atoms with van der Waals surface area (Å²) in [6.07, 6.45) is 13.2. The molecule has 1 atom stereocenters. The van der Waals surface area contributed by atoms with E-state index in [2.05, 4.69) is 40.7 Å². The molecule has 0 spiro atoms. The minimum absolute atomic E-state index is 0.813. The van der Waals surface area contributed by atoms with Crippen molar-refractivity contribution >= 4 is 11.4 Å². The Kier molecular flexibility index (Phi) is 3.57. The fraction of sp³-hybridized carbons (Fsp3) is 0.474. The molecule has 2 heterocycles. The average Bonchev–Trinajstić information content (AvgIpc) is 2.58. The highest BCUT2D eigenvalue weighted by atomic mass is 15.2. The molecule has 0 aromatic heterocycles. The van der Waals surface area contributed by atoms with Crippen LogP contribution in [0.15, 0.2) is 36.3 Å². The Bertz CT molecular complexity index is 630. The summed E-state index contributed by atoms with van der Waals surface area (Å²) in [4.78, 5) is 2.63. The second kappa shape index (κ2) is 5.71. The van der Waals surface area contributed by atoms with Gasteiger partial charge >= 0.3 is 0 Å². The third kappa shape index (κ3) is 2.39. The quantitative estimate of drug-likeness (QED) is 0.836. The van der Waals surface area contributed by atoms with Crippen LogP contribution < -0.4 is 10.6 Å². The van der Waals surface area contributed by atoms with Crippen molar-refractivity contribution < 1.29 is 0 Å². The van der Waals surface area contributed by atoms with Crippen LogP contribution in [0.2, 0.25) is 0 Å². The zero-order valence-electron chi connectivity index (χ0n) is 13.4. The predicted molar refractivity (Wildman–Crippen MR) is 92.6 cm³/mol. The van der Waals surface area contributed by atoms with Gasteiger partial charge in [0.1, 0.15) is 0 Å². The Hall–Kier alpha value is -1.90. The van der Waals surface area contributed by atoms with Gasteiger partial charge in [-0.05, 0) is 62.1 Å². The Labute approximate surface area is 133 Å².